The van der Waals surface area contributed by atoms with Gasteiger partial charge in [-0.25, -0.2) is 0 Å². The van der Waals surface area contributed by atoms with E-state index in [-0.39, 0.29) is 18.5 Å². The Balaban J connectivity index is 2.05. The van der Waals surface area contributed by atoms with E-state index in [4.69, 9.17) is 11.6 Å². The Labute approximate surface area is 137 Å². The maximum absolute atomic E-state index is 12.3. The third-order valence-corrected chi connectivity index (χ3v) is 4.52. The molecule has 1 unspecified atom stereocenters. The molecule has 1 fully saturated rings. The number of carbonyl (C=O) groups is 1. The van der Waals surface area contributed by atoms with Gasteiger partial charge in [0.15, 0.2) is 0 Å². The first-order valence-corrected chi connectivity index (χ1v) is 8.09. The molecule has 5 heteroatoms. The Morgan fingerprint density at radius 2 is 2.14 bits per heavy atom. The molecule has 0 saturated carbocycles. The van der Waals surface area contributed by atoms with E-state index in [1.54, 1.807) is 13.8 Å². The van der Waals surface area contributed by atoms with Gasteiger partial charge in [0.2, 0.25) is 5.91 Å². The van der Waals surface area contributed by atoms with E-state index in [0.29, 0.717) is 10.7 Å². The molecular weight excluding hydrogens is 300 g/mol. The van der Waals surface area contributed by atoms with Gasteiger partial charge >= 0.3 is 0 Å². The molecular formula is C17H25ClN2O2. The number of hydrogen-bond donors (Lipinski definition) is 2. The maximum Gasteiger partial charge on any atom is 0.238 e. The smallest absolute Gasteiger partial charge is 0.238 e. The van der Waals surface area contributed by atoms with Crippen molar-refractivity contribution in [3.8, 4) is 0 Å². The predicted octanol–water partition coefficient (Wildman–Crippen LogP) is 3.13. The van der Waals surface area contributed by atoms with Gasteiger partial charge in [-0.05, 0) is 64.3 Å². The van der Waals surface area contributed by atoms with Gasteiger partial charge in [-0.1, -0.05) is 17.7 Å². The third-order valence-electron chi connectivity index (χ3n) is 4.22. The zero-order valence-corrected chi connectivity index (χ0v) is 14.5. The SMILES string of the molecule is Cc1cc(C)c(NC(=O)CN2CCCC2C(C)(C)O)c(Cl)c1. The summed E-state index contributed by atoms with van der Waals surface area (Å²) in [5.41, 5.74) is 1.91. The molecule has 4 nitrogen and oxygen atoms in total. The molecule has 1 aromatic rings. The van der Waals surface area contributed by atoms with Crippen molar-refractivity contribution in [3.63, 3.8) is 0 Å². The number of rotatable bonds is 4. The number of amides is 1. The number of nitrogens with zero attached hydrogens (tertiary/aromatic N) is 1. The fourth-order valence-corrected chi connectivity index (χ4v) is 3.62. The zero-order valence-electron chi connectivity index (χ0n) is 13.7. The van der Waals surface area contributed by atoms with E-state index < -0.39 is 5.60 Å². The first-order valence-electron chi connectivity index (χ1n) is 7.71. The van der Waals surface area contributed by atoms with E-state index in [2.05, 4.69) is 5.32 Å². The highest BCUT2D eigenvalue weighted by atomic mass is 35.5. The molecule has 122 valence electrons. The van der Waals surface area contributed by atoms with Crippen LogP contribution in [-0.2, 0) is 4.79 Å². The highest BCUT2D eigenvalue weighted by molar-refractivity contribution is 6.34. The Hall–Kier alpha value is -1.10. The quantitative estimate of drug-likeness (QED) is 0.894. The highest BCUT2D eigenvalue weighted by Crippen LogP contribution is 2.29. The summed E-state index contributed by atoms with van der Waals surface area (Å²) in [6.07, 6.45) is 1.92. The number of aliphatic hydroxyl groups is 1. The number of benzene rings is 1. The molecule has 1 saturated heterocycles. The van der Waals surface area contributed by atoms with Gasteiger partial charge < -0.3 is 10.4 Å². The van der Waals surface area contributed by atoms with Crippen molar-refractivity contribution in [2.24, 2.45) is 0 Å². The second kappa shape index (κ2) is 6.57. The standard InChI is InChI=1S/C17H25ClN2O2/c1-11-8-12(2)16(13(18)9-11)19-15(21)10-20-7-5-6-14(20)17(3,4)22/h8-9,14,22H,5-7,10H2,1-4H3,(H,19,21). The zero-order chi connectivity index (χ0) is 16.5. The Morgan fingerprint density at radius 1 is 1.45 bits per heavy atom. The number of aryl methyl sites for hydroxylation is 2. The summed E-state index contributed by atoms with van der Waals surface area (Å²) in [5.74, 6) is -0.0926. The van der Waals surface area contributed by atoms with Crippen molar-refractivity contribution in [1.29, 1.82) is 0 Å². The molecule has 2 rings (SSSR count). The Kier molecular flexibility index (Phi) is 5.15. The van der Waals surface area contributed by atoms with Crippen LogP contribution in [0.15, 0.2) is 12.1 Å². The summed E-state index contributed by atoms with van der Waals surface area (Å²) in [5, 5.41) is 13.7. The van der Waals surface area contributed by atoms with E-state index in [9.17, 15) is 9.90 Å². The van der Waals surface area contributed by atoms with Crippen LogP contribution in [0, 0.1) is 13.8 Å². The van der Waals surface area contributed by atoms with E-state index in [1.165, 1.54) is 0 Å². The third kappa shape index (κ3) is 4.00. The van der Waals surface area contributed by atoms with Crippen molar-refractivity contribution in [2.45, 2.75) is 52.2 Å². The molecule has 1 amide bonds. The Bertz CT molecular complexity index is 543. The van der Waals surface area contributed by atoms with Gasteiger partial charge in [-0.2, -0.15) is 0 Å². The van der Waals surface area contributed by atoms with E-state index >= 15 is 0 Å². The first kappa shape index (κ1) is 17.3. The van der Waals surface area contributed by atoms with Crippen molar-refractivity contribution in [1.82, 2.24) is 4.90 Å². The summed E-state index contributed by atoms with van der Waals surface area (Å²) in [6.45, 7) is 8.62. The topological polar surface area (TPSA) is 52.6 Å². The van der Waals surface area contributed by atoms with Crippen LogP contribution in [0.3, 0.4) is 0 Å². The van der Waals surface area contributed by atoms with Gasteiger partial charge in [-0.15, -0.1) is 0 Å². The summed E-state index contributed by atoms with van der Waals surface area (Å²) in [7, 11) is 0. The second-order valence-corrected chi connectivity index (χ2v) is 7.18. The van der Waals surface area contributed by atoms with Gasteiger partial charge in [0.1, 0.15) is 0 Å². The lowest BCUT2D eigenvalue weighted by Crippen LogP contribution is -2.48. The molecule has 1 atom stereocenters. The molecule has 1 aliphatic heterocycles. The lowest BCUT2D eigenvalue weighted by molar-refractivity contribution is -0.118. The summed E-state index contributed by atoms with van der Waals surface area (Å²) < 4.78 is 0. The first-order chi connectivity index (χ1) is 10.2. The number of nitrogens with one attached hydrogen (secondary N) is 1. The number of likely N-dealkylation sites (tertiary alicyclic amines) is 1. The molecule has 1 heterocycles. The molecule has 1 aromatic carbocycles. The number of halogens is 1. The summed E-state index contributed by atoms with van der Waals surface area (Å²) >= 11 is 6.23. The van der Waals surface area contributed by atoms with Crippen LogP contribution >= 0.6 is 11.6 Å². The normalized spacial score (nSPS) is 19.5. The maximum atomic E-state index is 12.3. The predicted molar refractivity (Wildman–Crippen MR) is 90.4 cm³/mol. The largest absolute Gasteiger partial charge is 0.389 e. The van der Waals surface area contributed by atoms with Crippen LogP contribution in [0.4, 0.5) is 5.69 Å². The lowest BCUT2D eigenvalue weighted by Gasteiger charge is -2.33. The van der Waals surface area contributed by atoms with Gasteiger partial charge in [-0.3, -0.25) is 9.69 Å². The molecule has 0 spiro atoms. The van der Waals surface area contributed by atoms with E-state index in [0.717, 1.165) is 30.5 Å². The fraction of sp³-hybridized carbons (Fsp3) is 0.588. The van der Waals surface area contributed by atoms with Crippen LogP contribution in [0.25, 0.3) is 0 Å². The number of hydrogen-bond acceptors (Lipinski definition) is 3. The molecule has 0 aliphatic carbocycles. The van der Waals surface area contributed by atoms with Crippen LogP contribution in [0.2, 0.25) is 5.02 Å². The van der Waals surface area contributed by atoms with E-state index in [1.807, 2.05) is 30.9 Å². The molecule has 1 aliphatic rings. The van der Waals surface area contributed by atoms with Crippen LogP contribution in [0.5, 0.6) is 0 Å². The van der Waals surface area contributed by atoms with Gasteiger partial charge in [0, 0.05) is 6.04 Å². The Morgan fingerprint density at radius 3 is 2.73 bits per heavy atom. The van der Waals surface area contributed by atoms with Gasteiger partial charge in [0.05, 0.1) is 22.9 Å². The van der Waals surface area contributed by atoms with Crippen LogP contribution in [-0.4, -0.2) is 40.6 Å². The molecule has 0 radical (unpaired) electrons. The van der Waals surface area contributed by atoms with Crippen molar-refractivity contribution >= 4 is 23.2 Å². The minimum absolute atomic E-state index is 0.0211. The van der Waals surface area contributed by atoms with Crippen molar-refractivity contribution < 1.29 is 9.90 Å². The summed E-state index contributed by atoms with van der Waals surface area (Å²) in [6, 6.07) is 3.87. The minimum Gasteiger partial charge on any atom is -0.389 e. The van der Waals surface area contributed by atoms with Crippen molar-refractivity contribution in [2.75, 3.05) is 18.4 Å². The molecule has 0 bridgehead atoms. The lowest BCUT2D eigenvalue weighted by atomic mass is 9.97. The van der Waals surface area contributed by atoms with Crippen LogP contribution < -0.4 is 5.32 Å². The average Bonchev–Trinajstić information content (AvgIpc) is 2.81. The number of carbonyl (C=O) groups excluding carboxylic acids is 1. The van der Waals surface area contributed by atoms with Crippen molar-refractivity contribution in [3.05, 3.63) is 28.3 Å². The highest BCUT2D eigenvalue weighted by Gasteiger charge is 2.36. The average molecular weight is 325 g/mol. The molecule has 0 aromatic heterocycles. The summed E-state index contributed by atoms with van der Waals surface area (Å²) in [4.78, 5) is 14.4. The number of anilines is 1. The fourth-order valence-electron chi connectivity index (χ4n) is 3.25. The monoisotopic (exact) mass is 324 g/mol. The van der Waals surface area contributed by atoms with Crippen LogP contribution in [0.1, 0.15) is 37.8 Å². The minimum atomic E-state index is -0.797. The van der Waals surface area contributed by atoms with Gasteiger partial charge in [0.25, 0.3) is 0 Å². The molecule has 22 heavy (non-hydrogen) atoms. The molecule has 2 N–H and O–H groups in total. The second-order valence-electron chi connectivity index (χ2n) is 6.77.